The third-order valence-corrected chi connectivity index (χ3v) is 3.23. The van der Waals surface area contributed by atoms with Gasteiger partial charge in [-0.05, 0) is 18.3 Å². The third-order valence-electron chi connectivity index (χ3n) is 3.23. The summed E-state index contributed by atoms with van der Waals surface area (Å²) in [5, 5.41) is 0. The fraction of sp³-hybridized carbons (Fsp3) is 0.615. The molecule has 18 heavy (non-hydrogen) atoms. The van der Waals surface area contributed by atoms with Gasteiger partial charge in [-0.25, -0.2) is 14.8 Å². The van der Waals surface area contributed by atoms with Crippen molar-refractivity contribution in [1.82, 2.24) is 9.97 Å². The van der Waals surface area contributed by atoms with Crippen LogP contribution >= 0.6 is 0 Å². The Morgan fingerprint density at radius 3 is 2.44 bits per heavy atom. The normalized spacial score (nSPS) is 23.8. The van der Waals surface area contributed by atoms with Crippen molar-refractivity contribution in [2.24, 2.45) is 11.8 Å². The molecule has 5 nitrogen and oxygen atoms in total. The second-order valence-corrected chi connectivity index (χ2v) is 5.10. The van der Waals surface area contributed by atoms with Gasteiger partial charge in [0.25, 0.3) is 0 Å². The molecular weight excluding hydrogens is 230 g/mol. The molecule has 2 heterocycles. The third kappa shape index (κ3) is 2.78. The quantitative estimate of drug-likeness (QED) is 0.747. The number of hydrogen-bond donors (Lipinski definition) is 0. The van der Waals surface area contributed by atoms with E-state index in [0.717, 1.165) is 18.9 Å². The Bertz CT molecular complexity index is 409. The molecule has 1 aliphatic rings. The highest BCUT2D eigenvalue weighted by molar-refractivity contribution is 5.86. The maximum atomic E-state index is 11.3. The summed E-state index contributed by atoms with van der Waals surface area (Å²) in [5.74, 6) is 1.71. The fourth-order valence-electron chi connectivity index (χ4n) is 2.54. The molecule has 0 N–H and O–H groups in total. The van der Waals surface area contributed by atoms with Gasteiger partial charge < -0.3 is 9.64 Å². The molecule has 2 atom stereocenters. The number of carbonyl (C=O) groups is 1. The Morgan fingerprint density at radius 2 is 1.94 bits per heavy atom. The molecule has 5 heteroatoms. The summed E-state index contributed by atoms with van der Waals surface area (Å²) < 4.78 is 4.60. The van der Waals surface area contributed by atoms with Crippen molar-refractivity contribution in [3.63, 3.8) is 0 Å². The number of hydrogen-bond acceptors (Lipinski definition) is 5. The summed E-state index contributed by atoms with van der Waals surface area (Å²) in [6.07, 6.45) is 4.38. The average Bonchev–Trinajstić information content (AvgIpc) is 2.37. The van der Waals surface area contributed by atoms with Crippen LogP contribution in [0.15, 0.2) is 12.4 Å². The van der Waals surface area contributed by atoms with Crippen LogP contribution in [0.25, 0.3) is 0 Å². The van der Waals surface area contributed by atoms with Crippen molar-refractivity contribution in [1.29, 1.82) is 0 Å². The van der Waals surface area contributed by atoms with Crippen LogP contribution in [0.2, 0.25) is 0 Å². The smallest absolute Gasteiger partial charge is 0.358 e. The van der Waals surface area contributed by atoms with Crippen molar-refractivity contribution in [3.05, 3.63) is 18.1 Å². The van der Waals surface area contributed by atoms with Gasteiger partial charge in [-0.2, -0.15) is 0 Å². The van der Waals surface area contributed by atoms with Crippen molar-refractivity contribution in [2.75, 3.05) is 25.1 Å². The molecule has 0 saturated carbocycles. The molecule has 1 aliphatic heterocycles. The van der Waals surface area contributed by atoms with Crippen molar-refractivity contribution < 1.29 is 9.53 Å². The highest BCUT2D eigenvalue weighted by Crippen LogP contribution is 2.24. The number of nitrogens with zero attached hydrogens (tertiary/aromatic N) is 3. The molecule has 98 valence electrons. The number of ether oxygens (including phenoxy) is 1. The van der Waals surface area contributed by atoms with Crippen LogP contribution in [0.3, 0.4) is 0 Å². The Morgan fingerprint density at radius 1 is 1.28 bits per heavy atom. The van der Waals surface area contributed by atoms with Gasteiger partial charge in [-0.1, -0.05) is 13.8 Å². The maximum absolute atomic E-state index is 11.3. The SMILES string of the molecule is COC(=O)c1cnc(N2CC(C)CC(C)C2)cn1. The Labute approximate surface area is 107 Å². The fourth-order valence-corrected chi connectivity index (χ4v) is 2.54. The van der Waals surface area contributed by atoms with Crippen LogP contribution in [0, 0.1) is 11.8 Å². The van der Waals surface area contributed by atoms with Crippen LogP contribution in [0.4, 0.5) is 5.82 Å². The van der Waals surface area contributed by atoms with Gasteiger partial charge in [0.2, 0.25) is 0 Å². The predicted octanol–water partition coefficient (Wildman–Crippen LogP) is 1.75. The lowest BCUT2D eigenvalue weighted by Gasteiger charge is -2.35. The number of piperidine rings is 1. The molecule has 1 aromatic heterocycles. The van der Waals surface area contributed by atoms with Crippen LogP contribution in [0.5, 0.6) is 0 Å². The molecule has 1 saturated heterocycles. The van der Waals surface area contributed by atoms with Gasteiger partial charge in [0, 0.05) is 13.1 Å². The molecule has 0 radical (unpaired) electrons. The van der Waals surface area contributed by atoms with Crippen molar-refractivity contribution in [3.8, 4) is 0 Å². The molecule has 0 aromatic carbocycles. The highest BCUT2D eigenvalue weighted by atomic mass is 16.5. The van der Waals surface area contributed by atoms with Crippen LogP contribution < -0.4 is 4.90 Å². The van der Waals surface area contributed by atoms with Crippen molar-refractivity contribution >= 4 is 11.8 Å². The van der Waals surface area contributed by atoms with E-state index in [2.05, 4.69) is 33.5 Å². The lowest BCUT2D eigenvalue weighted by Crippen LogP contribution is -2.39. The number of rotatable bonds is 2. The summed E-state index contributed by atoms with van der Waals surface area (Å²) in [7, 11) is 1.34. The zero-order valence-electron chi connectivity index (χ0n) is 11.1. The first-order chi connectivity index (χ1) is 8.60. The molecule has 0 spiro atoms. The highest BCUT2D eigenvalue weighted by Gasteiger charge is 2.23. The second-order valence-electron chi connectivity index (χ2n) is 5.10. The average molecular weight is 249 g/mol. The Balaban J connectivity index is 2.11. The van der Waals surface area contributed by atoms with Gasteiger partial charge in [-0.3, -0.25) is 0 Å². The largest absolute Gasteiger partial charge is 0.464 e. The first-order valence-corrected chi connectivity index (χ1v) is 6.25. The van der Waals surface area contributed by atoms with Crippen LogP contribution in [-0.2, 0) is 4.74 Å². The molecule has 0 bridgehead atoms. The second kappa shape index (κ2) is 5.33. The minimum absolute atomic E-state index is 0.249. The maximum Gasteiger partial charge on any atom is 0.358 e. The van der Waals surface area contributed by atoms with Gasteiger partial charge in [0.1, 0.15) is 5.82 Å². The van der Waals surface area contributed by atoms with E-state index in [1.807, 2.05) is 0 Å². The number of carbonyl (C=O) groups excluding carboxylic acids is 1. The van der Waals surface area contributed by atoms with E-state index in [1.165, 1.54) is 19.7 Å². The van der Waals surface area contributed by atoms with Crippen molar-refractivity contribution in [2.45, 2.75) is 20.3 Å². The molecule has 2 unspecified atom stereocenters. The number of esters is 1. The first-order valence-electron chi connectivity index (χ1n) is 6.25. The lowest BCUT2D eigenvalue weighted by atomic mass is 9.92. The molecule has 2 rings (SSSR count). The monoisotopic (exact) mass is 249 g/mol. The first kappa shape index (κ1) is 12.8. The molecule has 0 amide bonds. The Kier molecular flexibility index (Phi) is 3.79. The number of aromatic nitrogens is 2. The van der Waals surface area contributed by atoms with Crippen LogP contribution in [-0.4, -0.2) is 36.1 Å². The van der Waals surface area contributed by atoms with E-state index in [-0.39, 0.29) is 5.69 Å². The summed E-state index contributed by atoms with van der Waals surface area (Å²) >= 11 is 0. The molecule has 0 aliphatic carbocycles. The van der Waals surface area contributed by atoms with Crippen LogP contribution in [0.1, 0.15) is 30.8 Å². The summed E-state index contributed by atoms with van der Waals surface area (Å²) in [6, 6.07) is 0. The van der Waals surface area contributed by atoms with Gasteiger partial charge in [0.05, 0.1) is 19.5 Å². The minimum atomic E-state index is -0.450. The Hall–Kier alpha value is -1.65. The van der Waals surface area contributed by atoms with E-state index < -0.39 is 5.97 Å². The topological polar surface area (TPSA) is 55.3 Å². The zero-order chi connectivity index (χ0) is 13.1. The van der Waals surface area contributed by atoms with Gasteiger partial charge in [-0.15, -0.1) is 0 Å². The van der Waals surface area contributed by atoms with Gasteiger partial charge in [0.15, 0.2) is 5.69 Å². The molecular formula is C13H19N3O2. The van der Waals surface area contributed by atoms with E-state index >= 15 is 0 Å². The van der Waals surface area contributed by atoms with E-state index in [1.54, 1.807) is 6.20 Å². The standard InChI is InChI=1S/C13H19N3O2/c1-9-4-10(2)8-16(7-9)12-6-14-11(5-15-12)13(17)18-3/h5-6,9-10H,4,7-8H2,1-3H3. The summed E-state index contributed by atoms with van der Waals surface area (Å²) in [4.78, 5) is 21.9. The summed E-state index contributed by atoms with van der Waals surface area (Å²) in [6.45, 7) is 6.49. The lowest BCUT2D eigenvalue weighted by molar-refractivity contribution is 0.0593. The van der Waals surface area contributed by atoms with E-state index in [9.17, 15) is 4.79 Å². The molecule has 1 fully saturated rings. The van der Waals surface area contributed by atoms with E-state index in [4.69, 9.17) is 0 Å². The van der Waals surface area contributed by atoms with E-state index in [0.29, 0.717) is 11.8 Å². The zero-order valence-corrected chi connectivity index (χ0v) is 11.1. The number of anilines is 1. The number of methoxy groups -OCH3 is 1. The molecule has 1 aromatic rings. The van der Waals surface area contributed by atoms with Gasteiger partial charge >= 0.3 is 5.97 Å². The predicted molar refractivity (Wildman–Crippen MR) is 68.5 cm³/mol. The summed E-state index contributed by atoms with van der Waals surface area (Å²) in [5.41, 5.74) is 0.249. The minimum Gasteiger partial charge on any atom is -0.464 e.